The molecule has 0 atom stereocenters. The molecule has 0 bridgehead atoms. The van der Waals surface area contributed by atoms with Gasteiger partial charge in [-0.25, -0.2) is 4.98 Å². The van der Waals surface area contributed by atoms with Gasteiger partial charge in [-0.3, -0.25) is 0 Å². The first kappa shape index (κ1) is 30.1. The van der Waals surface area contributed by atoms with Crippen LogP contribution in [0.25, 0.3) is 71.8 Å². The van der Waals surface area contributed by atoms with Crippen molar-refractivity contribution in [2.24, 2.45) is 7.05 Å². The Bertz CT molecular complexity index is 2880. The van der Waals surface area contributed by atoms with Crippen LogP contribution < -0.4 is 9.30 Å². The van der Waals surface area contributed by atoms with Gasteiger partial charge < -0.3 is 23.0 Å². The van der Waals surface area contributed by atoms with Crippen LogP contribution in [-0.2, 0) is 28.1 Å². The van der Waals surface area contributed by atoms with E-state index in [1.807, 2.05) is 64.8 Å². The average Bonchev–Trinajstić information content (AvgIpc) is 3.79. The molecule has 0 unspecified atom stereocenters. The molecule has 0 radical (unpaired) electrons. The summed E-state index contributed by atoms with van der Waals surface area (Å²) in [5.74, 6) is 2.03. The largest absolute Gasteiger partial charge is 0.510 e. The zero-order valence-corrected chi connectivity index (χ0v) is 29.1. The molecule has 0 saturated heterocycles. The average molecular weight is 825 g/mol. The van der Waals surface area contributed by atoms with Crippen molar-refractivity contribution >= 4 is 54.6 Å². The maximum Gasteiger partial charge on any atom is 0.242 e. The van der Waals surface area contributed by atoms with Gasteiger partial charge in [0.05, 0.1) is 34.5 Å². The predicted octanol–water partition coefficient (Wildman–Crippen LogP) is 9.23. The van der Waals surface area contributed by atoms with Crippen LogP contribution in [0.5, 0.6) is 11.5 Å². The molecule has 0 saturated carbocycles. The molecule has 0 aliphatic heterocycles. The third-order valence-electron chi connectivity index (χ3n) is 9.29. The summed E-state index contributed by atoms with van der Waals surface area (Å²) in [7, 11) is 2.00. The number of ether oxygens (including phenoxy) is 1. The molecular weight excluding hydrogens is 798 g/mol. The summed E-state index contributed by atoms with van der Waals surface area (Å²) in [6.45, 7) is 0. The van der Waals surface area contributed by atoms with E-state index in [0.717, 1.165) is 71.8 Å². The third kappa shape index (κ3) is 4.60. The number of benzene rings is 6. The number of para-hydroxylation sites is 5. The van der Waals surface area contributed by atoms with Crippen LogP contribution in [0.1, 0.15) is 0 Å². The van der Waals surface area contributed by atoms with Crippen LogP contribution in [-0.4, -0.2) is 18.7 Å². The molecule has 4 heterocycles. The first-order chi connectivity index (χ1) is 24.2. The molecule has 242 valence electrons. The molecule has 7 heteroatoms. The summed E-state index contributed by atoms with van der Waals surface area (Å²) in [5.41, 5.74) is 8.24. The number of rotatable bonds is 5. The molecule has 10 aromatic rings. The van der Waals surface area contributed by atoms with Crippen LogP contribution in [0, 0.1) is 18.5 Å². The van der Waals surface area contributed by atoms with Crippen LogP contribution >= 0.6 is 0 Å². The van der Waals surface area contributed by atoms with Gasteiger partial charge in [-0.15, -0.1) is 29.7 Å². The third-order valence-corrected chi connectivity index (χ3v) is 9.29. The standard InChI is InChI=1S/C43H27N5O.Pt/c1-45-28-46(39-21-10-9-20-38(39)45)30-14-11-15-31(26-30)49-32-22-23-34-33-16-5-7-18-36(33)48(41(34)27-32)43-42-35-17-6-8-19-37(35)47(40(42)24-25-44-43)29-12-3-2-4-13-29;/h2-25H,1H3;/q-2;. The van der Waals surface area contributed by atoms with Gasteiger partial charge in [0.15, 0.2) is 0 Å². The van der Waals surface area contributed by atoms with Crippen molar-refractivity contribution < 1.29 is 30.4 Å². The van der Waals surface area contributed by atoms with Crippen molar-refractivity contribution in [3.05, 3.63) is 164 Å². The van der Waals surface area contributed by atoms with Crippen molar-refractivity contribution in [2.75, 3.05) is 0 Å². The summed E-state index contributed by atoms with van der Waals surface area (Å²) >= 11 is 0. The fraction of sp³-hybridized carbons (Fsp3) is 0.0233. The molecule has 50 heavy (non-hydrogen) atoms. The van der Waals surface area contributed by atoms with Crippen molar-refractivity contribution in [3.8, 4) is 28.7 Å². The molecule has 0 fully saturated rings. The van der Waals surface area contributed by atoms with E-state index in [-0.39, 0.29) is 21.1 Å². The number of fused-ring (bicyclic) bond motifs is 7. The summed E-state index contributed by atoms with van der Waals surface area (Å²) < 4.78 is 15.0. The van der Waals surface area contributed by atoms with Gasteiger partial charge in [0.2, 0.25) is 6.33 Å². The normalized spacial score (nSPS) is 11.5. The number of hydrogen-bond acceptors (Lipinski definition) is 2. The van der Waals surface area contributed by atoms with E-state index in [2.05, 4.69) is 125 Å². The van der Waals surface area contributed by atoms with E-state index in [1.54, 1.807) is 0 Å². The minimum atomic E-state index is 0. The fourth-order valence-corrected chi connectivity index (χ4v) is 7.20. The molecule has 6 aromatic carbocycles. The van der Waals surface area contributed by atoms with Crippen molar-refractivity contribution in [1.29, 1.82) is 0 Å². The molecule has 0 N–H and O–H groups in total. The van der Waals surface area contributed by atoms with E-state index in [0.29, 0.717) is 11.5 Å². The van der Waals surface area contributed by atoms with E-state index < -0.39 is 0 Å². The number of aromatic nitrogens is 5. The number of aryl methyl sites for hydroxylation is 1. The van der Waals surface area contributed by atoms with Gasteiger partial charge in [-0.05, 0) is 35.7 Å². The number of hydrogen-bond donors (Lipinski definition) is 0. The molecule has 10 rings (SSSR count). The minimum Gasteiger partial charge on any atom is -0.510 e. The number of pyridine rings is 1. The molecule has 0 spiro atoms. The smallest absolute Gasteiger partial charge is 0.242 e. The van der Waals surface area contributed by atoms with Crippen molar-refractivity contribution in [3.63, 3.8) is 0 Å². The van der Waals surface area contributed by atoms with Crippen molar-refractivity contribution in [2.45, 2.75) is 0 Å². The Labute approximate surface area is 302 Å². The second-order valence-electron chi connectivity index (χ2n) is 12.1. The van der Waals surface area contributed by atoms with E-state index in [1.165, 1.54) is 0 Å². The van der Waals surface area contributed by atoms with Gasteiger partial charge in [0, 0.05) is 55.4 Å². The first-order valence-electron chi connectivity index (χ1n) is 16.2. The summed E-state index contributed by atoms with van der Waals surface area (Å²) in [6, 6.07) is 54.9. The van der Waals surface area contributed by atoms with Gasteiger partial charge in [-0.2, -0.15) is 18.2 Å². The van der Waals surface area contributed by atoms with Crippen LogP contribution in [0.4, 0.5) is 0 Å². The SMILES string of the molecule is C[n+]1[c-]n(-c2[c-]c(Oc3[c-]c4c(cc3)c3ccccc3n4-c3nccc4c3c3ccccc3n4-c3ccccc3)ccc2)c2ccccc21.[Pt]. The van der Waals surface area contributed by atoms with Gasteiger partial charge in [-0.1, -0.05) is 90.1 Å². The molecular formula is C43H27N5OPt-2. The molecule has 0 aliphatic carbocycles. The Morgan fingerprint density at radius 2 is 1.28 bits per heavy atom. The predicted molar refractivity (Wildman–Crippen MR) is 194 cm³/mol. The second-order valence-corrected chi connectivity index (χ2v) is 12.1. The summed E-state index contributed by atoms with van der Waals surface area (Å²) in [4.78, 5) is 5.07. The van der Waals surface area contributed by atoms with E-state index in [9.17, 15) is 0 Å². The number of imidazole rings is 1. The van der Waals surface area contributed by atoms with E-state index >= 15 is 0 Å². The van der Waals surface area contributed by atoms with Crippen molar-refractivity contribution in [1.82, 2.24) is 18.7 Å². The van der Waals surface area contributed by atoms with Crippen LogP contribution in [0.15, 0.2) is 146 Å². The molecule has 4 aromatic heterocycles. The zero-order chi connectivity index (χ0) is 32.5. The monoisotopic (exact) mass is 824 g/mol. The zero-order valence-electron chi connectivity index (χ0n) is 26.8. The Balaban J connectivity index is 0.00000336. The van der Waals surface area contributed by atoms with Gasteiger partial charge >= 0.3 is 0 Å². The Morgan fingerprint density at radius 1 is 0.580 bits per heavy atom. The summed E-state index contributed by atoms with van der Waals surface area (Å²) in [5, 5.41) is 4.42. The van der Waals surface area contributed by atoms with Gasteiger partial charge in [0.1, 0.15) is 5.82 Å². The second kappa shape index (κ2) is 11.9. The Kier molecular flexibility index (Phi) is 7.15. The van der Waals surface area contributed by atoms with Crippen LogP contribution in [0.2, 0.25) is 0 Å². The van der Waals surface area contributed by atoms with Gasteiger partial charge in [0.25, 0.3) is 0 Å². The van der Waals surface area contributed by atoms with Crippen LogP contribution in [0.3, 0.4) is 0 Å². The Morgan fingerprint density at radius 3 is 2.12 bits per heavy atom. The maximum atomic E-state index is 6.49. The molecule has 0 amide bonds. The minimum absolute atomic E-state index is 0. The molecule has 6 nitrogen and oxygen atoms in total. The quantitative estimate of drug-likeness (QED) is 0.128. The maximum absolute atomic E-state index is 6.49. The number of nitrogens with zero attached hydrogens (tertiary/aromatic N) is 5. The summed E-state index contributed by atoms with van der Waals surface area (Å²) in [6.07, 6.45) is 5.29. The van der Waals surface area contributed by atoms with E-state index in [4.69, 9.17) is 9.72 Å². The topological polar surface area (TPSA) is 40.8 Å². The fourth-order valence-electron chi connectivity index (χ4n) is 7.20. The first-order valence-corrected chi connectivity index (χ1v) is 16.2. The Hall–Kier alpha value is -5.97. The molecule has 0 aliphatic rings.